The Morgan fingerprint density at radius 1 is 0.812 bits per heavy atom. The lowest BCUT2D eigenvalue weighted by Crippen LogP contribution is -2.53. The first kappa shape index (κ1) is 14.8. The van der Waals surface area contributed by atoms with Crippen LogP contribution in [0, 0.1) is 0 Å². The average Bonchev–Trinajstić information content (AvgIpc) is 2.13. The lowest BCUT2D eigenvalue weighted by Gasteiger charge is -2.22. The number of hydrogen-bond acceptors (Lipinski definition) is 2. The quantitative estimate of drug-likeness (QED) is 0.570. The summed E-state index contributed by atoms with van der Waals surface area (Å²) >= 11 is 0. The molecular weight excluding hydrogens is 256 g/mol. The second-order valence-electron chi connectivity index (χ2n) is 2.57. The average molecular weight is 258 g/mol. The molecular formula is C6H2F8O2. The SMILES string of the molecule is O=C(C(=O)C(F)(F)C(F)(F)CF)C(F)(F)F. The van der Waals surface area contributed by atoms with Crippen LogP contribution in [0.25, 0.3) is 0 Å². The third-order valence-electron chi connectivity index (χ3n) is 1.38. The van der Waals surface area contributed by atoms with Crippen molar-refractivity contribution in [2.24, 2.45) is 0 Å². The first-order valence-corrected chi connectivity index (χ1v) is 3.35. The first-order valence-electron chi connectivity index (χ1n) is 3.35. The third-order valence-corrected chi connectivity index (χ3v) is 1.38. The van der Waals surface area contributed by atoms with Gasteiger partial charge >= 0.3 is 23.8 Å². The van der Waals surface area contributed by atoms with Gasteiger partial charge in [-0.05, 0) is 0 Å². The largest absolute Gasteiger partial charge is 0.458 e. The zero-order valence-corrected chi connectivity index (χ0v) is 7.05. The van der Waals surface area contributed by atoms with E-state index < -0.39 is 36.3 Å². The van der Waals surface area contributed by atoms with E-state index in [2.05, 4.69) is 0 Å². The van der Waals surface area contributed by atoms with Crippen molar-refractivity contribution in [3.05, 3.63) is 0 Å². The third kappa shape index (κ3) is 2.47. The van der Waals surface area contributed by atoms with E-state index >= 15 is 0 Å². The number of alkyl halides is 8. The summed E-state index contributed by atoms with van der Waals surface area (Å²) < 4.78 is 94.6. The molecule has 0 aliphatic rings. The molecule has 0 fully saturated rings. The van der Waals surface area contributed by atoms with Crippen molar-refractivity contribution in [2.75, 3.05) is 6.67 Å². The Balaban J connectivity index is 5.22. The van der Waals surface area contributed by atoms with Crippen molar-refractivity contribution in [1.29, 1.82) is 0 Å². The number of carbonyl (C=O) groups is 2. The maximum absolute atomic E-state index is 12.3. The van der Waals surface area contributed by atoms with Crippen molar-refractivity contribution in [3.8, 4) is 0 Å². The van der Waals surface area contributed by atoms with Crippen LogP contribution in [0.3, 0.4) is 0 Å². The van der Waals surface area contributed by atoms with Gasteiger partial charge in [0.2, 0.25) is 0 Å². The fraction of sp³-hybridized carbons (Fsp3) is 0.667. The molecule has 94 valence electrons. The van der Waals surface area contributed by atoms with Gasteiger partial charge in [-0.25, -0.2) is 4.39 Å². The highest BCUT2D eigenvalue weighted by Gasteiger charge is 2.66. The van der Waals surface area contributed by atoms with Crippen LogP contribution in [0.5, 0.6) is 0 Å². The molecule has 0 bridgehead atoms. The van der Waals surface area contributed by atoms with Crippen LogP contribution in [-0.4, -0.2) is 36.3 Å². The fourth-order valence-electron chi connectivity index (χ4n) is 0.521. The molecule has 0 heterocycles. The zero-order valence-electron chi connectivity index (χ0n) is 7.05. The number of carbonyl (C=O) groups excluding carboxylic acids is 2. The van der Waals surface area contributed by atoms with Gasteiger partial charge in [-0.15, -0.1) is 0 Å². The van der Waals surface area contributed by atoms with E-state index in [1.807, 2.05) is 0 Å². The van der Waals surface area contributed by atoms with Crippen molar-refractivity contribution < 1.29 is 44.7 Å². The summed E-state index contributed by atoms with van der Waals surface area (Å²) in [6.45, 7) is -3.07. The summed E-state index contributed by atoms with van der Waals surface area (Å²) in [5, 5.41) is 0. The van der Waals surface area contributed by atoms with Crippen LogP contribution < -0.4 is 0 Å². The molecule has 0 spiro atoms. The Bertz CT molecular complexity index is 304. The second-order valence-corrected chi connectivity index (χ2v) is 2.57. The molecule has 0 radical (unpaired) electrons. The van der Waals surface area contributed by atoms with Gasteiger partial charge in [0.15, 0.2) is 6.67 Å². The number of rotatable bonds is 4. The van der Waals surface area contributed by atoms with Crippen LogP contribution in [0.15, 0.2) is 0 Å². The highest BCUT2D eigenvalue weighted by Crippen LogP contribution is 2.37. The van der Waals surface area contributed by atoms with Gasteiger partial charge in [0.05, 0.1) is 0 Å². The number of Topliss-reactive ketones (excluding diaryl/α,β-unsaturated/α-hetero) is 2. The van der Waals surface area contributed by atoms with Crippen LogP contribution in [-0.2, 0) is 9.59 Å². The van der Waals surface area contributed by atoms with Gasteiger partial charge in [-0.1, -0.05) is 0 Å². The van der Waals surface area contributed by atoms with Gasteiger partial charge in [0.25, 0.3) is 5.78 Å². The number of ketones is 2. The van der Waals surface area contributed by atoms with E-state index in [1.165, 1.54) is 0 Å². The summed E-state index contributed by atoms with van der Waals surface area (Å²) in [4.78, 5) is 20.1. The Morgan fingerprint density at radius 3 is 1.44 bits per heavy atom. The van der Waals surface area contributed by atoms with Crippen LogP contribution in [0.1, 0.15) is 0 Å². The summed E-state index contributed by atoms with van der Waals surface area (Å²) in [5.41, 5.74) is 0. The monoisotopic (exact) mass is 258 g/mol. The summed E-state index contributed by atoms with van der Waals surface area (Å²) in [7, 11) is 0. The Labute approximate surface area is 82.2 Å². The standard InChI is InChI=1S/C6H2F8O2/c7-1-4(8,9)5(10,11)2(15)3(16)6(12,13)14/h1H2. The van der Waals surface area contributed by atoms with Gasteiger partial charge in [0, 0.05) is 0 Å². The normalized spacial score (nSPS) is 13.8. The molecule has 2 nitrogen and oxygen atoms in total. The van der Waals surface area contributed by atoms with Crippen molar-refractivity contribution in [3.63, 3.8) is 0 Å². The van der Waals surface area contributed by atoms with Gasteiger partial charge in [0.1, 0.15) is 0 Å². The first-order chi connectivity index (χ1) is 6.88. The molecule has 10 heteroatoms. The molecule has 0 aromatic heterocycles. The Hall–Kier alpha value is -1.22. The number of hydrogen-bond donors (Lipinski definition) is 0. The second kappa shape index (κ2) is 3.98. The predicted octanol–water partition coefficient (Wildman–Crippen LogP) is 1.93. The van der Waals surface area contributed by atoms with E-state index in [4.69, 9.17) is 0 Å². The predicted molar refractivity (Wildman–Crippen MR) is 31.9 cm³/mol. The van der Waals surface area contributed by atoms with Crippen molar-refractivity contribution in [1.82, 2.24) is 0 Å². The van der Waals surface area contributed by atoms with E-state index in [9.17, 15) is 44.7 Å². The van der Waals surface area contributed by atoms with Crippen LogP contribution in [0.4, 0.5) is 35.1 Å². The molecule has 0 saturated heterocycles. The van der Waals surface area contributed by atoms with E-state index in [-0.39, 0.29) is 0 Å². The van der Waals surface area contributed by atoms with E-state index in [1.54, 1.807) is 0 Å². The minimum Gasteiger partial charge on any atom is -0.283 e. The van der Waals surface area contributed by atoms with Crippen LogP contribution >= 0.6 is 0 Å². The molecule has 0 aliphatic carbocycles. The Kier molecular flexibility index (Phi) is 3.68. The molecule has 0 saturated carbocycles. The molecule has 0 amide bonds. The molecule has 0 aromatic carbocycles. The smallest absolute Gasteiger partial charge is 0.283 e. The number of halogens is 8. The van der Waals surface area contributed by atoms with Crippen molar-refractivity contribution >= 4 is 11.6 Å². The maximum atomic E-state index is 12.3. The van der Waals surface area contributed by atoms with E-state index in [0.29, 0.717) is 0 Å². The van der Waals surface area contributed by atoms with Crippen LogP contribution in [0.2, 0.25) is 0 Å². The molecule has 0 atom stereocenters. The van der Waals surface area contributed by atoms with E-state index in [0.717, 1.165) is 0 Å². The van der Waals surface area contributed by atoms with Gasteiger partial charge in [-0.3, -0.25) is 9.59 Å². The molecule has 0 rings (SSSR count). The zero-order chi connectivity index (χ0) is 13.4. The summed E-state index contributed by atoms with van der Waals surface area (Å²) in [6.07, 6.45) is -6.02. The maximum Gasteiger partial charge on any atom is 0.458 e. The summed E-state index contributed by atoms with van der Waals surface area (Å²) in [5.74, 6) is -19.0. The molecule has 0 aliphatic heterocycles. The molecule has 0 aromatic rings. The molecule has 0 unspecified atom stereocenters. The lowest BCUT2D eigenvalue weighted by atomic mass is 10.0. The highest BCUT2D eigenvalue weighted by molar-refractivity contribution is 6.42. The molecule has 16 heavy (non-hydrogen) atoms. The lowest BCUT2D eigenvalue weighted by molar-refractivity contribution is -0.219. The minimum atomic E-state index is -6.03. The highest BCUT2D eigenvalue weighted by atomic mass is 19.4. The topological polar surface area (TPSA) is 34.1 Å². The van der Waals surface area contributed by atoms with Crippen molar-refractivity contribution in [2.45, 2.75) is 18.0 Å². The molecule has 0 N–H and O–H groups in total. The Morgan fingerprint density at radius 2 is 1.19 bits per heavy atom. The van der Waals surface area contributed by atoms with Gasteiger partial charge in [-0.2, -0.15) is 30.7 Å². The van der Waals surface area contributed by atoms with Gasteiger partial charge < -0.3 is 0 Å². The fourth-order valence-corrected chi connectivity index (χ4v) is 0.521. The minimum absolute atomic E-state index is 3.07. The summed E-state index contributed by atoms with van der Waals surface area (Å²) in [6, 6.07) is 0.